The van der Waals surface area contributed by atoms with E-state index in [-0.39, 0.29) is 0 Å². The van der Waals surface area contributed by atoms with E-state index in [1.807, 2.05) is 24.3 Å². The molecule has 1 unspecified atom stereocenters. The van der Waals surface area contributed by atoms with Crippen LogP contribution in [0.5, 0.6) is 5.75 Å². The molecule has 0 spiro atoms. The van der Waals surface area contributed by atoms with Crippen LogP contribution in [0.4, 0.5) is 0 Å². The largest absolute Gasteiger partial charge is 0.497 e. The molecule has 1 aromatic rings. The fraction of sp³-hybridized carbons (Fsp3) is 0.500. The molecule has 1 N–H and O–H groups in total. The van der Waals surface area contributed by atoms with Gasteiger partial charge >= 0.3 is 0 Å². The number of benzene rings is 1. The van der Waals surface area contributed by atoms with Gasteiger partial charge in [0.1, 0.15) is 5.75 Å². The minimum absolute atomic E-state index is 0.433. The highest BCUT2D eigenvalue weighted by Gasteiger charge is 2.04. The Bertz CT molecular complexity index is 353. The van der Waals surface area contributed by atoms with Gasteiger partial charge in [-0.25, -0.2) is 0 Å². The Morgan fingerprint density at radius 2 is 2.19 bits per heavy atom. The standard InChI is InChI=1S/C12H19NO2S/c1-10(2)13-7-8-16(14)12-6-4-5-11(9-12)15-3/h4-6,9-10,13H,7-8H2,1-3H3. The summed E-state index contributed by atoms with van der Waals surface area (Å²) < 4.78 is 17.0. The molecule has 4 heteroatoms. The van der Waals surface area contributed by atoms with Gasteiger partial charge in [-0.3, -0.25) is 4.21 Å². The zero-order valence-electron chi connectivity index (χ0n) is 10.0. The molecule has 1 aromatic carbocycles. The van der Waals surface area contributed by atoms with Crippen molar-refractivity contribution in [2.45, 2.75) is 24.8 Å². The van der Waals surface area contributed by atoms with Crippen molar-refractivity contribution in [2.24, 2.45) is 0 Å². The van der Waals surface area contributed by atoms with Crippen molar-refractivity contribution in [3.63, 3.8) is 0 Å². The van der Waals surface area contributed by atoms with E-state index in [4.69, 9.17) is 4.74 Å². The first-order valence-electron chi connectivity index (χ1n) is 5.39. The molecular weight excluding hydrogens is 222 g/mol. The lowest BCUT2D eigenvalue weighted by Gasteiger charge is -2.08. The average molecular weight is 241 g/mol. The van der Waals surface area contributed by atoms with E-state index in [9.17, 15) is 4.21 Å². The van der Waals surface area contributed by atoms with Crippen LogP contribution in [-0.4, -0.2) is 29.7 Å². The normalized spacial score (nSPS) is 12.8. The fourth-order valence-electron chi connectivity index (χ4n) is 1.30. The van der Waals surface area contributed by atoms with Crippen LogP contribution >= 0.6 is 0 Å². The first-order valence-corrected chi connectivity index (χ1v) is 6.71. The van der Waals surface area contributed by atoms with Crippen LogP contribution in [0.3, 0.4) is 0 Å². The summed E-state index contributed by atoms with van der Waals surface area (Å²) in [5.41, 5.74) is 0. The molecule has 0 bridgehead atoms. The molecule has 0 aliphatic carbocycles. The predicted octanol–water partition coefficient (Wildman–Crippen LogP) is 1.80. The van der Waals surface area contributed by atoms with E-state index in [1.165, 1.54) is 0 Å². The molecule has 0 aromatic heterocycles. The molecule has 0 saturated heterocycles. The van der Waals surface area contributed by atoms with Crippen LogP contribution in [0, 0.1) is 0 Å². The van der Waals surface area contributed by atoms with Gasteiger partial charge in [0.05, 0.1) is 17.9 Å². The molecular formula is C12H19NO2S. The summed E-state index contributed by atoms with van der Waals surface area (Å²) in [6.07, 6.45) is 0. The highest BCUT2D eigenvalue weighted by atomic mass is 32.2. The summed E-state index contributed by atoms with van der Waals surface area (Å²) in [7, 11) is 0.659. The lowest BCUT2D eigenvalue weighted by atomic mass is 10.3. The SMILES string of the molecule is COc1cccc(S(=O)CCNC(C)C)c1. The second kappa shape index (κ2) is 6.66. The van der Waals surface area contributed by atoms with Crippen LogP contribution < -0.4 is 10.1 Å². The minimum atomic E-state index is -0.954. The summed E-state index contributed by atoms with van der Waals surface area (Å²) in [5.74, 6) is 1.38. The highest BCUT2D eigenvalue weighted by molar-refractivity contribution is 7.85. The van der Waals surface area contributed by atoms with Crippen LogP contribution in [-0.2, 0) is 10.8 Å². The van der Waals surface area contributed by atoms with Crippen molar-refractivity contribution in [1.29, 1.82) is 0 Å². The highest BCUT2D eigenvalue weighted by Crippen LogP contribution is 2.15. The van der Waals surface area contributed by atoms with E-state index >= 15 is 0 Å². The van der Waals surface area contributed by atoms with Gasteiger partial charge in [-0.2, -0.15) is 0 Å². The van der Waals surface area contributed by atoms with Gasteiger partial charge in [0, 0.05) is 23.2 Å². The first kappa shape index (κ1) is 13.2. The van der Waals surface area contributed by atoms with Crippen molar-refractivity contribution in [3.8, 4) is 5.75 Å². The first-order chi connectivity index (χ1) is 7.63. The number of hydrogen-bond acceptors (Lipinski definition) is 3. The fourth-order valence-corrected chi connectivity index (χ4v) is 2.32. The van der Waals surface area contributed by atoms with E-state index in [0.717, 1.165) is 17.2 Å². The molecule has 0 heterocycles. The summed E-state index contributed by atoms with van der Waals surface area (Å²) in [4.78, 5) is 0.824. The average Bonchev–Trinajstić information content (AvgIpc) is 2.28. The minimum Gasteiger partial charge on any atom is -0.497 e. The van der Waals surface area contributed by atoms with Crippen LogP contribution in [0.1, 0.15) is 13.8 Å². The maximum atomic E-state index is 11.9. The molecule has 1 atom stereocenters. The second-order valence-electron chi connectivity index (χ2n) is 3.84. The molecule has 3 nitrogen and oxygen atoms in total. The predicted molar refractivity (Wildman–Crippen MR) is 67.4 cm³/mol. The van der Waals surface area contributed by atoms with Gasteiger partial charge < -0.3 is 10.1 Å². The summed E-state index contributed by atoms with van der Waals surface area (Å²) in [5, 5.41) is 3.25. The van der Waals surface area contributed by atoms with Gasteiger partial charge in [-0.15, -0.1) is 0 Å². The molecule has 0 aliphatic rings. The summed E-state index contributed by atoms with van der Waals surface area (Å²) in [6, 6.07) is 7.84. The van der Waals surface area contributed by atoms with Gasteiger partial charge in [0.15, 0.2) is 0 Å². The van der Waals surface area contributed by atoms with Crippen molar-refractivity contribution in [1.82, 2.24) is 5.32 Å². The van der Waals surface area contributed by atoms with Crippen molar-refractivity contribution < 1.29 is 8.95 Å². The molecule has 90 valence electrons. The van der Waals surface area contributed by atoms with Crippen molar-refractivity contribution in [2.75, 3.05) is 19.4 Å². The topological polar surface area (TPSA) is 38.3 Å². The lowest BCUT2D eigenvalue weighted by Crippen LogP contribution is -2.27. The van der Waals surface area contributed by atoms with E-state index in [2.05, 4.69) is 19.2 Å². The van der Waals surface area contributed by atoms with E-state index in [1.54, 1.807) is 7.11 Å². The smallest absolute Gasteiger partial charge is 0.120 e. The molecule has 0 aliphatic heterocycles. The number of ether oxygens (including phenoxy) is 1. The molecule has 0 saturated carbocycles. The van der Waals surface area contributed by atoms with Gasteiger partial charge in [0.2, 0.25) is 0 Å². The third kappa shape index (κ3) is 4.33. The summed E-state index contributed by atoms with van der Waals surface area (Å²) in [6.45, 7) is 4.92. The maximum Gasteiger partial charge on any atom is 0.120 e. The third-order valence-electron chi connectivity index (χ3n) is 2.14. The van der Waals surface area contributed by atoms with Crippen LogP contribution in [0.2, 0.25) is 0 Å². The second-order valence-corrected chi connectivity index (χ2v) is 5.41. The monoisotopic (exact) mass is 241 g/mol. The third-order valence-corrected chi connectivity index (χ3v) is 3.50. The number of hydrogen-bond donors (Lipinski definition) is 1. The molecule has 0 fully saturated rings. The van der Waals surface area contributed by atoms with E-state index in [0.29, 0.717) is 11.8 Å². The number of nitrogens with one attached hydrogen (secondary N) is 1. The van der Waals surface area contributed by atoms with Crippen molar-refractivity contribution in [3.05, 3.63) is 24.3 Å². The Morgan fingerprint density at radius 3 is 2.81 bits per heavy atom. The molecule has 0 radical (unpaired) electrons. The Balaban J connectivity index is 2.52. The zero-order chi connectivity index (χ0) is 12.0. The van der Waals surface area contributed by atoms with Gasteiger partial charge in [-0.1, -0.05) is 19.9 Å². The Kier molecular flexibility index (Phi) is 5.49. The quantitative estimate of drug-likeness (QED) is 0.825. The summed E-state index contributed by atoms with van der Waals surface area (Å²) >= 11 is 0. The van der Waals surface area contributed by atoms with Crippen LogP contribution in [0.25, 0.3) is 0 Å². The van der Waals surface area contributed by atoms with E-state index < -0.39 is 10.8 Å². The molecule has 0 amide bonds. The Labute approximate surface area is 99.7 Å². The maximum absolute atomic E-state index is 11.9. The van der Waals surface area contributed by atoms with Crippen molar-refractivity contribution >= 4 is 10.8 Å². The zero-order valence-corrected chi connectivity index (χ0v) is 10.8. The Hall–Kier alpha value is -0.870. The van der Waals surface area contributed by atoms with Crippen LogP contribution in [0.15, 0.2) is 29.2 Å². The Morgan fingerprint density at radius 1 is 1.44 bits per heavy atom. The van der Waals surface area contributed by atoms with Gasteiger partial charge in [0.25, 0.3) is 0 Å². The number of rotatable bonds is 6. The lowest BCUT2D eigenvalue weighted by molar-refractivity contribution is 0.413. The van der Waals surface area contributed by atoms with Gasteiger partial charge in [-0.05, 0) is 18.2 Å². The number of methoxy groups -OCH3 is 1. The molecule has 16 heavy (non-hydrogen) atoms. The molecule has 1 rings (SSSR count).